The third-order valence-electron chi connectivity index (χ3n) is 2.66. The van der Waals surface area contributed by atoms with Crippen LogP contribution >= 0.6 is 0 Å². The predicted octanol–water partition coefficient (Wildman–Crippen LogP) is 2.48. The van der Waals surface area contributed by atoms with Crippen molar-refractivity contribution >= 4 is 0 Å². The molecule has 0 N–H and O–H groups in total. The van der Waals surface area contributed by atoms with Crippen molar-refractivity contribution in [3.8, 4) is 28.9 Å². The number of hydrogen-bond acceptors (Lipinski definition) is 6. The monoisotopic (exact) mass is 290 g/mol. The Morgan fingerprint density at radius 3 is 2.48 bits per heavy atom. The average Bonchev–Trinajstić information content (AvgIpc) is 3.00. The van der Waals surface area contributed by atoms with Crippen molar-refractivity contribution in [3.05, 3.63) is 42.2 Å². The fourth-order valence-corrected chi connectivity index (χ4v) is 1.63. The normalized spacial score (nSPS) is 10.6. The summed E-state index contributed by atoms with van der Waals surface area (Å²) in [6.07, 6.45) is 2.91. The van der Waals surface area contributed by atoms with Crippen LogP contribution in [-0.4, -0.2) is 27.2 Å². The largest absolute Gasteiger partial charge is 0.467 e. The smallest absolute Gasteiger partial charge is 0.316 e. The van der Waals surface area contributed by atoms with Crippen LogP contribution < -0.4 is 4.74 Å². The second-order valence-electron chi connectivity index (χ2n) is 4.01. The molecule has 0 radical (unpaired) electrons. The molecule has 0 bridgehead atoms. The Morgan fingerprint density at radius 2 is 1.81 bits per heavy atom. The first-order valence-electron chi connectivity index (χ1n) is 5.83. The van der Waals surface area contributed by atoms with Crippen molar-refractivity contribution in [3.63, 3.8) is 0 Å². The molecule has 0 saturated heterocycles. The lowest BCUT2D eigenvalue weighted by Gasteiger charge is -1.96. The van der Waals surface area contributed by atoms with Gasteiger partial charge in [-0.1, -0.05) is 5.16 Å². The predicted molar refractivity (Wildman–Crippen MR) is 67.2 cm³/mol. The Bertz CT molecular complexity index is 774. The van der Waals surface area contributed by atoms with Gasteiger partial charge in [0, 0.05) is 18.0 Å². The van der Waals surface area contributed by atoms with E-state index in [0.717, 1.165) is 12.1 Å². The molecular weight excluding hydrogens is 282 g/mol. The molecule has 6 nitrogen and oxygen atoms in total. The van der Waals surface area contributed by atoms with E-state index in [1.807, 2.05) is 0 Å². The molecule has 0 spiro atoms. The molecule has 0 saturated carbocycles. The van der Waals surface area contributed by atoms with Gasteiger partial charge in [-0.2, -0.15) is 4.98 Å². The molecule has 2 heterocycles. The molecule has 0 aliphatic rings. The zero-order chi connectivity index (χ0) is 14.8. The minimum Gasteiger partial charge on any atom is -0.467 e. The van der Waals surface area contributed by atoms with E-state index in [9.17, 15) is 8.78 Å². The van der Waals surface area contributed by atoms with Crippen LogP contribution in [0, 0.1) is 11.6 Å². The van der Waals surface area contributed by atoms with Gasteiger partial charge in [-0.25, -0.2) is 18.7 Å². The van der Waals surface area contributed by atoms with Gasteiger partial charge >= 0.3 is 6.01 Å². The zero-order valence-electron chi connectivity index (χ0n) is 10.7. The first-order valence-corrected chi connectivity index (χ1v) is 5.83. The van der Waals surface area contributed by atoms with Gasteiger partial charge in [-0.3, -0.25) is 0 Å². The first kappa shape index (κ1) is 13.1. The third kappa shape index (κ3) is 2.55. The molecule has 0 unspecified atom stereocenters. The molecule has 0 fully saturated rings. The molecule has 0 aliphatic carbocycles. The fraction of sp³-hybridized carbons (Fsp3) is 0.0769. The van der Waals surface area contributed by atoms with Crippen LogP contribution in [0.25, 0.3) is 22.8 Å². The molecule has 8 heteroatoms. The molecule has 0 atom stereocenters. The summed E-state index contributed by atoms with van der Waals surface area (Å²) >= 11 is 0. The van der Waals surface area contributed by atoms with Gasteiger partial charge in [-0.15, -0.1) is 0 Å². The van der Waals surface area contributed by atoms with E-state index in [-0.39, 0.29) is 17.7 Å². The van der Waals surface area contributed by atoms with Gasteiger partial charge in [-0.05, 0) is 18.2 Å². The van der Waals surface area contributed by atoms with Crippen LogP contribution in [0.4, 0.5) is 8.78 Å². The lowest BCUT2D eigenvalue weighted by Crippen LogP contribution is -1.91. The van der Waals surface area contributed by atoms with E-state index in [1.165, 1.54) is 25.6 Å². The number of aromatic nitrogens is 4. The molecule has 3 rings (SSSR count). The van der Waals surface area contributed by atoms with Crippen molar-refractivity contribution in [1.82, 2.24) is 20.1 Å². The second kappa shape index (κ2) is 5.23. The SMILES string of the molecule is COc1ncc(-c2nc(-c3ccc(F)c(F)c3)no2)cn1. The van der Waals surface area contributed by atoms with Crippen LogP contribution in [0.1, 0.15) is 0 Å². The summed E-state index contributed by atoms with van der Waals surface area (Å²) < 4.78 is 36.0. The van der Waals surface area contributed by atoms with Gasteiger partial charge in [0.25, 0.3) is 5.89 Å². The Morgan fingerprint density at radius 1 is 1.05 bits per heavy atom. The summed E-state index contributed by atoms with van der Waals surface area (Å²) in [7, 11) is 1.45. The van der Waals surface area contributed by atoms with E-state index in [1.54, 1.807) is 0 Å². The number of hydrogen-bond donors (Lipinski definition) is 0. The van der Waals surface area contributed by atoms with Gasteiger partial charge in [0.2, 0.25) is 5.82 Å². The van der Waals surface area contributed by atoms with Crippen LogP contribution in [0.3, 0.4) is 0 Å². The number of halogens is 2. The lowest BCUT2D eigenvalue weighted by atomic mass is 10.2. The molecule has 1 aromatic carbocycles. The molecule has 0 aliphatic heterocycles. The summed E-state index contributed by atoms with van der Waals surface area (Å²) in [5, 5.41) is 3.71. The number of ether oxygens (including phenoxy) is 1. The van der Waals surface area contributed by atoms with Crippen molar-refractivity contribution in [2.24, 2.45) is 0 Å². The summed E-state index contributed by atoms with van der Waals surface area (Å²) in [5.74, 6) is -1.62. The lowest BCUT2D eigenvalue weighted by molar-refractivity contribution is 0.379. The maximum Gasteiger partial charge on any atom is 0.316 e. The molecule has 21 heavy (non-hydrogen) atoms. The number of nitrogens with zero attached hydrogens (tertiary/aromatic N) is 4. The van der Waals surface area contributed by atoms with Crippen LogP contribution in [0.5, 0.6) is 6.01 Å². The number of benzene rings is 1. The molecule has 3 aromatic rings. The Hall–Kier alpha value is -2.90. The van der Waals surface area contributed by atoms with E-state index in [4.69, 9.17) is 9.26 Å². The zero-order valence-corrected chi connectivity index (χ0v) is 10.7. The quantitative estimate of drug-likeness (QED) is 0.737. The number of methoxy groups -OCH3 is 1. The second-order valence-corrected chi connectivity index (χ2v) is 4.01. The van der Waals surface area contributed by atoms with E-state index < -0.39 is 11.6 Å². The van der Waals surface area contributed by atoms with Gasteiger partial charge in [0.05, 0.1) is 12.7 Å². The van der Waals surface area contributed by atoms with Crippen LogP contribution in [0.2, 0.25) is 0 Å². The molecule has 0 amide bonds. The van der Waals surface area contributed by atoms with Crippen LogP contribution in [0.15, 0.2) is 35.1 Å². The molecular formula is C13H8F2N4O2. The average molecular weight is 290 g/mol. The fourth-order valence-electron chi connectivity index (χ4n) is 1.63. The minimum atomic E-state index is -0.980. The van der Waals surface area contributed by atoms with Gasteiger partial charge in [0.15, 0.2) is 11.6 Å². The maximum atomic E-state index is 13.2. The Kier molecular flexibility index (Phi) is 3.27. The first-order chi connectivity index (χ1) is 10.2. The highest BCUT2D eigenvalue weighted by atomic mass is 19.2. The van der Waals surface area contributed by atoms with Crippen LogP contribution in [-0.2, 0) is 0 Å². The highest BCUT2D eigenvalue weighted by molar-refractivity contribution is 5.58. The van der Waals surface area contributed by atoms with Gasteiger partial charge < -0.3 is 9.26 Å². The Labute approximate surface area is 117 Å². The van der Waals surface area contributed by atoms with Gasteiger partial charge in [0.1, 0.15) is 0 Å². The highest BCUT2D eigenvalue weighted by Crippen LogP contribution is 2.23. The topological polar surface area (TPSA) is 73.9 Å². The standard InChI is InChI=1S/C13H8F2N4O2/c1-20-13-16-5-8(6-17-13)12-18-11(19-21-12)7-2-3-9(14)10(15)4-7/h2-6H,1H3. The van der Waals surface area contributed by atoms with E-state index in [0.29, 0.717) is 11.1 Å². The summed E-state index contributed by atoms with van der Waals surface area (Å²) in [5.41, 5.74) is 0.787. The summed E-state index contributed by atoms with van der Waals surface area (Å²) in [6, 6.07) is 3.56. The van der Waals surface area contributed by atoms with Crippen molar-refractivity contribution < 1.29 is 18.0 Å². The minimum absolute atomic E-state index is 0.139. The number of rotatable bonds is 3. The van der Waals surface area contributed by atoms with Crippen molar-refractivity contribution in [2.75, 3.05) is 7.11 Å². The Balaban J connectivity index is 1.93. The summed E-state index contributed by atoms with van der Waals surface area (Å²) in [4.78, 5) is 11.9. The van der Waals surface area contributed by atoms with Crippen molar-refractivity contribution in [2.45, 2.75) is 0 Å². The molecule has 106 valence electrons. The molecule has 2 aromatic heterocycles. The maximum absolute atomic E-state index is 13.2. The third-order valence-corrected chi connectivity index (χ3v) is 2.66. The summed E-state index contributed by atoms with van der Waals surface area (Å²) in [6.45, 7) is 0. The van der Waals surface area contributed by atoms with E-state index >= 15 is 0 Å². The highest BCUT2D eigenvalue weighted by Gasteiger charge is 2.13. The van der Waals surface area contributed by atoms with Crippen molar-refractivity contribution in [1.29, 1.82) is 0 Å². The van der Waals surface area contributed by atoms with E-state index in [2.05, 4.69) is 20.1 Å².